The lowest BCUT2D eigenvalue weighted by Crippen LogP contribution is -2.17. The van der Waals surface area contributed by atoms with E-state index in [0.717, 1.165) is 12.8 Å². The molecule has 1 aromatic rings. The fourth-order valence-electron chi connectivity index (χ4n) is 2.23. The van der Waals surface area contributed by atoms with E-state index in [1.54, 1.807) is 31.5 Å². The van der Waals surface area contributed by atoms with Gasteiger partial charge in [-0.25, -0.2) is 5.43 Å². The van der Waals surface area contributed by atoms with Gasteiger partial charge in [0, 0.05) is 11.8 Å². The van der Waals surface area contributed by atoms with Crippen molar-refractivity contribution in [3.63, 3.8) is 0 Å². The van der Waals surface area contributed by atoms with E-state index in [2.05, 4.69) is 17.5 Å². The van der Waals surface area contributed by atoms with Crippen LogP contribution in [0.25, 0.3) is 0 Å². The maximum absolute atomic E-state index is 12.0. The lowest BCUT2D eigenvalue weighted by Gasteiger charge is -2.08. The molecule has 1 rings (SSSR count). The molecule has 0 saturated heterocycles. The Morgan fingerprint density at radius 3 is 2.48 bits per heavy atom. The summed E-state index contributed by atoms with van der Waals surface area (Å²) in [6.45, 7) is 2.22. The number of hydrogen-bond donors (Lipinski definition) is 1. The first-order valence-corrected chi connectivity index (χ1v) is 8.26. The number of hydrogen-bond acceptors (Lipinski definition) is 4. The maximum atomic E-state index is 12.0. The maximum Gasteiger partial charge on any atom is 0.271 e. The summed E-state index contributed by atoms with van der Waals surface area (Å²) in [5, 5.41) is 3.98. The number of benzene rings is 1. The van der Waals surface area contributed by atoms with Crippen LogP contribution in [-0.2, 0) is 0 Å². The van der Waals surface area contributed by atoms with Crippen LogP contribution in [0.5, 0.6) is 11.5 Å². The molecule has 0 aliphatic rings. The summed E-state index contributed by atoms with van der Waals surface area (Å²) in [6.07, 6.45) is 10.1. The molecule has 0 aliphatic carbocycles. The van der Waals surface area contributed by atoms with E-state index >= 15 is 0 Å². The predicted octanol–water partition coefficient (Wildman–Crippen LogP) is 4.17. The number of unbranched alkanes of at least 4 members (excludes halogenated alkanes) is 6. The molecule has 0 heterocycles. The topological polar surface area (TPSA) is 59.9 Å². The van der Waals surface area contributed by atoms with Crippen molar-refractivity contribution in [3.8, 4) is 11.5 Å². The molecule has 5 heteroatoms. The number of carbonyl (C=O) groups excluding carboxylic acids is 1. The van der Waals surface area contributed by atoms with Crippen LogP contribution in [0.1, 0.15) is 62.2 Å². The minimum absolute atomic E-state index is 0.259. The van der Waals surface area contributed by atoms with Gasteiger partial charge in [-0.05, 0) is 31.0 Å². The summed E-state index contributed by atoms with van der Waals surface area (Å²) in [6, 6.07) is 5.02. The third kappa shape index (κ3) is 7.17. The van der Waals surface area contributed by atoms with Crippen molar-refractivity contribution < 1.29 is 14.3 Å². The van der Waals surface area contributed by atoms with Crippen LogP contribution in [0.2, 0.25) is 0 Å². The molecular formula is C18H28N2O3. The van der Waals surface area contributed by atoms with Crippen molar-refractivity contribution in [1.82, 2.24) is 5.43 Å². The Morgan fingerprint density at radius 1 is 1.09 bits per heavy atom. The van der Waals surface area contributed by atoms with E-state index in [4.69, 9.17) is 9.47 Å². The van der Waals surface area contributed by atoms with Gasteiger partial charge in [-0.15, -0.1) is 0 Å². The largest absolute Gasteiger partial charge is 0.493 e. The molecular weight excluding hydrogens is 292 g/mol. The number of ether oxygens (including phenoxy) is 2. The summed E-state index contributed by atoms with van der Waals surface area (Å²) in [7, 11) is 3.10. The Labute approximate surface area is 139 Å². The van der Waals surface area contributed by atoms with E-state index in [9.17, 15) is 4.79 Å². The molecule has 1 N–H and O–H groups in total. The van der Waals surface area contributed by atoms with E-state index in [1.165, 1.54) is 39.2 Å². The zero-order chi connectivity index (χ0) is 16.9. The standard InChI is InChI=1S/C18H28N2O3/c1-4-5-6-7-8-9-10-13-19-20-18(21)15-11-12-16(22-2)17(14-15)23-3/h11-14H,4-10H2,1-3H3,(H,20,21)/b19-13+. The number of nitrogens with zero attached hydrogens (tertiary/aromatic N) is 1. The second-order valence-electron chi connectivity index (χ2n) is 5.38. The summed E-state index contributed by atoms with van der Waals surface area (Å²) in [5.74, 6) is 0.858. The van der Waals surface area contributed by atoms with Gasteiger partial charge < -0.3 is 9.47 Å². The number of methoxy groups -OCH3 is 2. The van der Waals surface area contributed by atoms with Crippen LogP contribution in [-0.4, -0.2) is 26.3 Å². The van der Waals surface area contributed by atoms with Crippen molar-refractivity contribution in [1.29, 1.82) is 0 Å². The first-order chi connectivity index (χ1) is 11.2. The van der Waals surface area contributed by atoms with Crippen LogP contribution >= 0.6 is 0 Å². The van der Waals surface area contributed by atoms with E-state index in [1.807, 2.05) is 0 Å². The molecule has 0 radical (unpaired) electrons. The SMILES string of the molecule is CCCCCCCC/C=N/NC(=O)c1ccc(OC)c(OC)c1. The van der Waals surface area contributed by atoms with Gasteiger partial charge in [0.1, 0.15) is 0 Å². The molecule has 1 amide bonds. The van der Waals surface area contributed by atoms with Crippen molar-refractivity contribution in [2.24, 2.45) is 5.10 Å². The molecule has 5 nitrogen and oxygen atoms in total. The first-order valence-electron chi connectivity index (χ1n) is 8.26. The molecule has 128 valence electrons. The Bertz CT molecular complexity index is 501. The Hall–Kier alpha value is -2.04. The highest BCUT2D eigenvalue weighted by Crippen LogP contribution is 2.27. The molecule has 23 heavy (non-hydrogen) atoms. The highest BCUT2D eigenvalue weighted by Gasteiger charge is 2.09. The zero-order valence-electron chi connectivity index (χ0n) is 14.4. The van der Waals surface area contributed by atoms with Crippen LogP contribution in [0.4, 0.5) is 0 Å². The van der Waals surface area contributed by atoms with Crippen LogP contribution < -0.4 is 14.9 Å². The van der Waals surface area contributed by atoms with Crippen LogP contribution in [0, 0.1) is 0 Å². The van der Waals surface area contributed by atoms with Gasteiger partial charge in [0.2, 0.25) is 0 Å². The minimum Gasteiger partial charge on any atom is -0.493 e. The van der Waals surface area contributed by atoms with Gasteiger partial charge in [-0.2, -0.15) is 5.10 Å². The first kappa shape index (κ1) is 19.0. The van der Waals surface area contributed by atoms with Gasteiger partial charge in [-0.1, -0.05) is 39.0 Å². The van der Waals surface area contributed by atoms with Crippen LogP contribution in [0.15, 0.2) is 23.3 Å². The smallest absolute Gasteiger partial charge is 0.271 e. The molecule has 1 aromatic carbocycles. The summed E-state index contributed by atoms with van der Waals surface area (Å²) in [4.78, 5) is 12.0. The second kappa shape index (κ2) is 11.5. The van der Waals surface area contributed by atoms with Crippen molar-refractivity contribution in [2.75, 3.05) is 14.2 Å². The Balaban J connectivity index is 2.32. The Morgan fingerprint density at radius 2 is 1.78 bits per heavy atom. The summed E-state index contributed by atoms with van der Waals surface area (Å²) >= 11 is 0. The second-order valence-corrected chi connectivity index (χ2v) is 5.38. The van der Waals surface area contributed by atoms with Gasteiger partial charge in [0.25, 0.3) is 5.91 Å². The van der Waals surface area contributed by atoms with Gasteiger partial charge in [0.05, 0.1) is 14.2 Å². The number of nitrogens with one attached hydrogen (secondary N) is 1. The molecule has 0 unspecified atom stereocenters. The molecule has 0 aromatic heterocycles. The molecule has 0 spiro atoms. The fraction of sp³-hybridized carbons (Fsp3) is 0.556. The summed E-state index contributed by atoms with van der Waals surface area (Å²) in [5.41, 5.74) is 3.02. The van der Waals surface area contributed by atoms with Crippen molar-refractivity contribution in [2.45, 2.75) is 51.9 Å². The monoisotopic (exact) mass is 320 g/mol. The number of hydrazone groups is 1. The third-order valence-electron chi connectivity index (χ3n) is 3.59. The lowest BCUT2D eigenvalue weighted by molar-refractivity contribution is 0.0954. The molecule has 0 atom stereocenters. The molecule has 0 saturated carbocycles. The third-order valence-corrected chi connectivity index (χ3v) is 3.59. The zero-order valence-corrected chi connectivity index (χ0v) is 14.4. The van der Waals surface area contributed by atoms with E-state index in [-0.39, 0.29) is 5.91 Å². The van der Waals surface area contributed by atoms with Crippen LogP contribution in [0.3, 0.4) is 0 Å². The number of amides is 1. The fourth-order valence-corrected chi connectivity index (χ4v) is 2.23. The molecule has 0 bridgehead atoms. The average Bonchev–Trinajstić information content (AvgIpc) is 2.59. The normalized spacial score (nSPS) is 10.7. The molecule has 0 aliphatic heterocycles. The number of carbonyl (C=O) groups is 1. The number of rotatable bonds is 11. The highest BCUT2D eigenvalue weighted by atomic mass is 16.5. The van der Waals surface area contributed by atoms with Crippen molar-refractivity contribution >= 4 is 12.1 Å². The lowest BCUT2D eigenvalue weighted by atomic mass is 10.1. The van der Waals surface area contributed by atoms with Crippen molar-refractivity contribution in [3.05, 3.63) is 23.8 Å². The van der Waals surface area contributed by atoms with Gasteiger partial charge in [-0.3, -0.25) is 4.79 Å². The van der Waals surface area contributed by atoms with E-state index < -0.39 is 0 Å². The minimum atomic E-state index is -0.259. The summed E-state index contributed by atoms with van der Waals surface area (Å²) < 4.78 is 10.3. The van der Waals surface area contributed by atoms with Gasteiger partial charge in [0.15, 0.2) is 11.5 Å². The average molecular weight is 320 g/mol. The quantitative estimate of drug-likeness (QED) is 0.378. The highest BCUT2D eigenvalue weighted by molar-refractivity contribution is 5.95. The van der Waals surface area contributed by atoms with Gasteiger partial charge >= 0.3 is 0 Å². The molecule has 0 fully saturated rings. The van der Waals surface area contributed by atoms with E-state index in [0.29, 0.717) is 17.1 Å². The predicted molar refractivity (Wildman–Crippen MR) is 93.5 cm³/mol. The Kier molecular flexibility index (Phi) is 9.52.